The Morgan fingerprint density at radius 3 is 2.36 bits per heavy atom. The van der Waals surface area contributed by atoms with E-state index in [4.69, 9.17) is 4.74 Å². The SMILES string of the molecule is COC(=O)[C@@H](O)[C@H](Sc1ccccc1[N+](=O)[O-])c1ccc(OC)cc1. The van der Waals surface area contributed by atoms with Crippen LogP contribution in [0, 0.1) is 10.1 Å². The molecule has 1 N–H and O–H groups in total. The number of benzene rings is 2. The summed E-state index contributed by atoms with van der Waals surface area (Å²) in [5.41, 5.74) is 0.518. The van der Waals surface area contributed by atoms with Crippen molar-refractivity contribution in [1.29, 1.82) is 0 Å². The number of aliphatic hydroxyl groups excluding tert-OH is 1. The van der Waals surface area contributed by atoms with Gasteiger partial charge >= 0.3 is 5.97 Å². The Balaban J connectivity index is 2.41. The highest BCUT2D eigenvalue weighted by atomic mass is 32.2. The molecule has 8 heteroatoms. The summed E-state index contributed by atoms with van der Waals surface area (Å²) in [6.45, 7) is 0. The molecular formula is C17H17NO6S. The molecule has 25 heavy (non-hydrogen) atoms. The van der Waals surface area contributed by atoms with Crippen molar-refractivity contribution in [1.82, 2.24) is 0 Å². The lowest BCUT2D eigenvalue weighted by Gasteiger charge is -2.21. The van der Waals surface area contributed by atoms with Crippen LogP contribution in [0.1, 0.15) is 10.8 Å². The van der Waals surface area contributed by atoms with E-state index in [0.29, 0.717) is 16.2 Å². The fourth-order valence-electron chi connectivity index (χ4n) is 2.20. The van der Waals surface area contributed by atoms with Gasteiger partial charge in [0.05, 0.1) is 29.3 Å². The van der Waals surface area contributed by atoms with E-state index in [2.05, 4.69) is 4.74 Å². The number of para-hydroxylation sites is 1. The van der Waals surface area contributed by atoms with Crippen molar-refractivity contribution in [2.45, 2.75) is 16.2 Å². The molecule has 7 nitrogen and oxygen atoms in total. The second-order valence-electron chi connectivity index (χ2n) is 5.00. The topological polar surface area (TPSA) is 98.9 Å². The molecule has 0 amide bonds. The van der Waals surface area contributed by atoms with Gasteiger partial charge < -0.3 is 14.6 Å². The number of ether oxygens (including phenoxy) is 2. The Bertz CT molecular complexity index is 749. The largest absolute Gasteiger partial charge is 0.497 e. The minimum Gasteiger partial charge on any atom is -0.497 e. The molecule has 0 bridgehead atoms. The molecule has 0 heterocycles. The lowest BCUT2D eigenvalue weighted by molar-refractivity contribution is -0.387. The zero-order valence-electron chi connectivity index (χ0n) is 13.6. The van der Waals surface area contributed by atoms with Crippen molar-refractivity contribution in [3.8, 4) is 5.75 Å². The number of methoxy groups -OCH3 is 2. The molecule has 0 unspecified atom stereocenters. The van der Waals surface area contributed by atoms with Gasteiger partial charge in [0.1, 0.15) is 5.75 Å². The van der Waals surface area contributed by atoms with E-state index in [-0.39, 0.29) is 5.69 Å². The van der Waals surface area contributed by atoms with Gasteiger partial charge in [-0.05, 0) is 23.8 Å². The fourth-order valence-corrected chi connectivity index (χ4v) is 3.42. The minimum absolute atomic E-state index is 0.0944. The van der Waals surface area contributed by atoms with E-state index < -0.39 is 22.2 Å². The van der Waals surface area contributed by atoms with Crippen LogP contribution in [0.3, 0.4) is 0 Å². The van der Waals surface area contributed by atoms with Gasteiger partial charge in [-0.25, -0.2) is 4.79 Å². The molecule has 0 saturated carbocycles. The molecule has 132 valence electrons. The third kappa shape index (κ3) is 4.49. The van der Waals surface area contributed by atoms with Gasteiger partial charge in [-0.2, -0.15) is 0 Å². The molecular weight excluding hydrogens is 346 g/mol. The highest BCUT2D eigenvalue weighted by Crippen LogP contribution is 2.42. The van der Waals surface area contributed by atoms with Gasteiger partial charge in [-0.3, -0.25) is 10.1 Å². The van der Waals surface area contributed by atoms with Gasteiger partial charge in [0.2, 0.25) is 0 Å². The summed E-state index contributed by atoms with van der Waals surface area (Å²) in [5.74, 6) is -0.197. The second-order valence-corrected chi connectivity index (χ2v) is 6.19. The molecule has 0 aliphatic carbocycles. The van der Waals surface area contributed by atoms with E-state index >= 15 is 0 Å². The van der Waals surface area contributed by atoms with Crippen LogP contribution in [0.15, 0.2) is 53.4 Å². The van der Waals surface area contributed by atoms with Gasteiger partial charge in [-0.15, -0.1) is 11.8 Å². The summed E-state index contributed by atoms with van der Waals surface area (Å²) in [5, 5.41) is 20.8. The molecule has 2 atom stereocenters. The Labute approximate surface area is 148 Å². The van der Waals surface area contributed by atoms with Crippen LogP contribution in [-0.4, -0.2) is 36.3 Å². The van der Waals surface area contributed by atoms with Crippen molar-refractivity contribution in [3.05, 3.63) is 64.2 Å². The first-order valence-corrected chi connectivity index (χ1v) is 8.15. The standard InChI is InChI=1S/C17H17NO6S/c1-23-12-9-7-11(8-10-12)16(15(19)17(20)24-2)25-14-6-4-3-5-13(14)18(21)22/h3-10,15-16,19H,1-2H3/t15-,16+/m0/s1. The van der Waals surface area contributed by atoms with Crippen molar-refractivity contribution >= 4 is 23.4 Å². The quantitative estimate of drug-likeness (QED) is 0.349. The Hall–Kier alpha value is -2.58. The number of carbonyl (C=O) groups is 1. The van der Waals surface area contributed by atoms with Crippen LogP contribution < -0.4 is 4.74 Å². The normalized spacial score (nSPS) is 12.9. The predicted molar refractivity (Wildman–Crippen MR) is 92.7 cm³/mol. The number of rotatable bonds is 7. The third-order valence-electron chi connectivity index (χ3n) is 3.49. The molecule has 0 fully saturated rings. The van der Waals surface area contributed by atoms with Gasteiger partial charge in [0.25, 0.3) is 5.69 Å². The van der Waals surface area contributed by atoms with E-state index in [1.807, 2.05) is 0 Å². The first-order valence-electron chi connectivity index (χ1n) is 7.28. The summed E-state index contributed by atoms with van der Waals surface area (Å²) in [6.07, 6.45) is -1.48. The van der Waals surface area contributed by atoms with Crippen molar-refractivity contribution in [2.75, 3.05) is 14.2 Å². The maximum Gasteiger partial charge on any atom is 0.336 e. The van der Waals surface area contributed by atoms with Gasteiger partial charge in [0.15, 0.2) is 6.10 Å². The Kier molecular flexibility index (Phi) is 6.37. The van der Waals surface area contributed by atoms with Crippen LogP contribution in [-0.2, 0) is 9.53 Å². The molecule has 0 aliphatic heterocycles. The Morgan fingerprint density at radius 1 is 1.16 bits per heavy atom. The summed E-state index contributed by atoms with van der Waals surface area (Å²) in [7, 11) is 2.70. The van der Waals surface area contributed by atoms with Crippen LogP contribution in [0.25, 0.3) is 0 Å². The first-order chi connectivity index (χ1) is 12.0. The highest BCUT2D eigenvalue weighted by molar-refractivity contribution is 7.99. The first kappa shape index (κ1) is 18.8. The van der Waals surface area contributed by atoms with E-state index in [1.165, 1.54) is 20.3 Å². The lowest BCUT2D eigenvalue weighted by Crippen LogP contribution is -2.27. The van der Waals surface area contributed by atoms with E-state index in [0.717, 1.165) is 11.8 Å². The van der Waals surface area contributed by atoms with Crippen LogP contribution in [0.4, 0.5) is 5.69 Å². The number of nitro groups is 1. The van der Waals surface area contributed by atoms with Crippen LogP contribution in [0.2, 0.25) is 0 Å². The number of thioether (sulfide) groups is 1. The molecule has 0 saturated heterocycles. The van der Waals surface area contributed by atoms with E-state index in [1.54, 1.807) is 42.5 Å². The van der Waals surface area contributed by atoms with Crippen molar-refractivity contribution in [2.24, 2.45) is 0 Å². The molecule has 2 aromatic carbocycles. The third-order valence-corrected chi connectivity index (χ3v) is 4.87. The highest BCUT2D eigenvalue weighted by Gasteiger charge is 2.31. The molecule has 0 aromatic heterocycles. The number of hydrogen-bond donors (Lipinski definition) is 1. The summed E-state index contributed by atoms with van der Waals surface area (Å²) in [6, 6.07) is 12.9. The minimum atomic E-state index is -1.48. The summed E-state index contributed by atoms with van der Waals surface area (Å²) < 4.78 is 9.71. The monoisotopic (exact) mass is 363 g/mol. The molecule has 0 spiro atoms. The van der Waals surface area contributed by atoms with Crippen molar-refractivity contribution < 1.29 is 24.3 Å². The smallest absolute Gasteiger partial charge is 0.336 e. The number of nitro benzene ring substituents is 1. The molecule has 2 rings (SSSR count). The van der Waals surface area contributed by atoms with Gasteiger partial charge in [0, 0.05) is 6.07 Å². The van der Waals surface area contributed by atoms with Gasteiger partial charge in [-0.1, -0.05) is 24.3 Å². The maximum absolute atomic E-state index is 11.8. The number of carbonyl (C=O) groups excluding carboxylic acids is 1. The van der Waals surface area contributed by atoms with Crippen LogP contribution in [0.5, 0.6) is 5.75 Å². The predicted octanol–water partition coefficient (Wildman–Crippen LogP) is 2.97. The van der Waals surface area contributed by atoms with E-state index in [9.17, 15) is 20.0 Å². The molecule has 0 aliphatic rings. The zero-order valence-corrected chi connectivity index (χ0v) is 14.4. The Morgan fingerprint density at radius 2 is 1.80 bits per heavy atom. The number of aliphatic hydroxyl groups is 1. The lowest BCUT2D eigenvalue weighted by atomic mass is 10.1. The molecule has 2 aromatic rings. The zero-order chi connectivity index (χ0) is 18.4. The number of esters is 1. The second kappa shape index (κ2) is 8.50. The number of nitrogens with zero attached hydrogens (tertiary/aromatic N) is 1. The molecule has 0 radical (unpaired) electrons. The maximum atomic E-state index is 11.8. The number of hydrogen-bond acceptors (Lipinski definition) is 7. The van der Waals surface area contributed by atoms with Crippen molar-refractivity contribution in [3.63, 3.8) is 0 Å². The summed E-state index contributed by atoms with van der Waals surface area (Å²) >= 11 is 1.03. The average Bonchev–Trinajstić information content (AvgIpc) is 2.65. The van der Waals surface area contributed by atoms with Crippen LogP contribution >= 0.6 is 11.8 Å². The average molecular weight is 363 g/mol. The summed E-state index contributed by atoms with van der Waals surface area (Å²) in [4.78, 5) is 22.9. The fraction of sp³-hybridized carbons (Fsp3) is 0.235.